The molecule has 0 aromatic heterocycles. The number of fused-ring (bicyclic) bond motifs is 10. The predicted molar refractivity (Wildman–Crippen MR) is 292 cm³/mol. The Labute approximate surface area is 386 Å². The predicted octanol–water partition coefficient (Wildman–Crippen LogP) is 19.2. The van der Waals surface area contributed by atoms with Gasteiger partial charge in [0.1, 0.15) is 0 Å². The molecule has 0 amide bonds. The maximum atomic E-state index is 2.48. The van der Waals surface area contributed by atoms with Crippen LogP contribution in [0.2, 0.25) is 0 Å². The van der Waals surface area contributed by atoms with Crippen LogP contribution in [0, 0.1) is 20.8 Å². The van der Waals surface area contributed by atoms with E-state index in [9.17, 15) is 0 Å². The molecular weight excluding hydrogens is 805 g/mol. The average Bonchev–Trinajstić information content (AvgIpc) is 3.88. The van der Waals surface area contributed by atoms with Crippen molar-refractivity contribution >= 4 is 129 Å². The Morgan fingerprint density at radius 3 is 0.940 bits per heavy atom. The van der Waals surface area contributed by atoms with Gasteiger partial charge in [-0.25, -0.2) is 0 Å². The van der Waals surface area contributed by atoms with Crippen LogP contribution < -0.4 is 0 Å². The van der Waals surface area contributed by atoms with Gasteiger partial charge in [0.25, 0.3) is 0 Å². The van der Waals surface area contributed by atoms with E-state index in [0.717, 1.165) is 0 Å². The van der Waals surface area contributed by atoms with E-state index in [2.05, 4.69) is 209 Å². The van der Waals surface area contributed by atoms with Crippen LogP contribution in [0.5, 0.6) is 0 Å². The third-order valence-electron chi connectivity index (χ3n) is 16.0. The fraction of sp³-hybridized carbons (Fsp3) is 0.0448. The van der Waals surface area contributed by atoms with Gasteiger partial charge in [-0.15, -0.1) is 0 Å². The first-order valence-electron chi connectivity index (χ1n) is 23.7. The molecule has 67 heavy (non-hydrogen) atoms. The Morgan fingerprint density at radius 1 is 0.194 bits per heavy atom. The van der Waals surface area contributed by atoms with Gasteiger partial charge in [-0.2, -0.15) is 0 Å². The number of aryl methyl sites for hydroxylation is 3. The summed E-state index contributed by atoms with van der Waals surface area (Å²) in [5.41, 5.74) is 11.6. The molecule has 16 aromatic carbocycles. The Bertz CT molecular complexity index is 4530. The normalized spacial score (nSPS) is 12.7. The molecule has 16 rings (SSSR count). The van der Waals surface area contributed by atoms with Gasteiger partial charge < -0.3 is 0 Å². The maximum absolute atomic E-state index is 2.48. The lowest BCUT2D eigenvalue weighted by Crippen LogP contribution is -1.92. The molecule has 0 spiro atoms. The molecule has 0 aliphatic carbocycles. The summed E-state index contributed by atoms with van der Waals surface area (Å²) in [7, 11) is 0. The van der Waals surface area contributed by atoms with Crippen LogP contribution in [-0.2, 0) is 0 Å². The molecule has 308 valence electrons. The molecule has 16 aromatic rings. The van der Waals surface area contributed by atoms with Gasteiger partial charge in [-0.1, -0.05) is 205 Å². The van der Waals surface area contributed by atoms with Crippen LogP contribution in [0.15, 0.2) is 188 Å². The van der Waals surface area contributed by atoms with Gasteiger partial charge in [0.15, 0.2) is 0 Å². The standard InChI is InChI=1S/C67H40/c1-35-13-19-38(20-14-35)42-25-26-45-47-28-30-49-51-32-34-55-63-54(33-31-50(62(51)63)48-29-27-46(60(47)61(48)49)44-10-6-9-43(42)59(44)45)66-57(40-21-15-36(2)16-22-40)64-52-11-4-7-39-8-5-12-53(56(39)52)65(64)58(67(55)66)41-23-17-37(3)18-24-41/h4-34H,1-3H3. The minimum atomic E-state index is 1.26. The van der Waals surface area contributed by atoms with Crippen molar-refractivity contribution in [2.24, 2.45) is 0 Å². The molecule has 0 aliphatic heterocycles. The second kappa shape index (κ2) is 12.5. The molecule has 0 fully saturated rings. The third kappa shape index (κ3) is 4.44. The van der Waals surface area contributed by atoms with Crippen LogP contribution in [0.1, 0.15) is 16.7 Å². The summed E-state index contributed by atoms with van der Waals surface area (Å²) in [6.07, 6.45) is 0. The quantitative estimate of drug-likeness (QED) is 0.123. The topological polar surface area (TPSA) is 0 Å². The first-order chi connectivity index (χ1) is 33.0. The van der Waals surface area contributed by atoms with Crippen molar-refractivity contribution in [3.63, 3.8) is 0 Å². The molecule has 0 saturated heterocycles. The smallest absolute Gasteiger partial charge is 0.000717 e. The van der Waals surface area contributed by atoms with E-state index in [1.165, 1.54) is 179 Å². The zero-order valence-electron chi connectivity index (χ0n) is 37.4. The molecule has 0 unspecified atom stereocenters. The summed E-state index contributed by atoms with van der Waals surface area (Å²) in [4.78, 5) is 0. The van der Waals surface area contributed by atoms with Crippen LogP contribution in [0.4, 0.5) is 0 Å². The summed E-state index contributed by atoms with van der Waals surface area (Å²) in [6.45, 7) is 6.56. The fourth-order valence-electron chi connectivity index (χ4n) is 13.2. The zero-order valence-corrected chi connectivity index (χ0v) is 37.4. The minimum absolute atomic E-state index is 1.26. The van der Waals surface area contributed by atoms with Gasteiger partial charge in [-0.05, 0) is 183 Å². The van der Waals surface area contributed by atoms with E-state index in [1.807, 2.05) is 0 Å². The van der Waals surface area contributed by atoms with E-state index in [0.29, 0.717) is 0 Å². The second-order valence-electron chi connectivity index (χ2n) is 19.6. The van der Waals surface area contributed by atoms with Crippen LogP contribution >= 0.6 is 0 Å². The van der Waals surface area contributed by atoms with Gasteiger partial charge in [0, 0.05) is 0 Å². The first kappa shape index (κ1) is 36.0. The molecule has 0 aliphatic rings. The molecule has 0 radical (unpaired) electrons. The Morgan fingerprint density at radius 2 is 0.493 bits per heavy atom. The van der Waals surface area contributed by atoms with Crippen molar-refractivity contribution in [2.45, 2.75) is 20.8 Å². The Kier molecular flexibility index (Phi) is 6.72. The van der Waals surface area contributed by atoms with E-state index in [-0.39, 0.29) is 0 Å². The lowest BCUT2D eigenvalue weighted by Gasteiger charge is -2.20. The largest absolute Gasteiger partial charge is 0.0610 e. The molecule has 0 saturated carbocycles. The van der Waals surface area contributed by atoms with Crippen molar-refractivity contribution in [1.29, 1.82) is 0 Å². The van der Waals surface area contributed by atoms with Crippen LogP contribution in [0.25, 0.3) is 163 Å². The summed E-state index contributed by atoms with van der Waals surface area (Å²) in [6, 6.07) is 72.7. The monoisotopic (exact) mass is 844 g/mol. The van der Waals surface area contributed by atoms with E-state index in [1.54, 1.807) is 0 Å². The van der Waals surface area contributed by atoms with Crippen LogP contribution in [-0.4, -0.2) is 0 Å². The maximum Gasteiger partial charge on any atom is -0.000717 e. The summed E-state index contributed by atoms with van der Waals surface area (Å²) in [5, 5.41) is 32.2. The first-order valence-corrected chi connectivity index (χ1v) is 23.7. The highest BCUT2D eigenvalue weighted by atomic mass is 14.3. The molecular formula is C67H40. The minimum Gasteiger partial charge on any atom is -0.0610 e. The molecule has 0 heteroatoms. The molecule has 0 N–H and O–H groups in total. The molecule has 0 bridgehead atoms. The molecule has 0 heterocycles. The van der Waals surface area contributed by atoms with Crippen molar-refractivity contribution in [3.8, 4) is 33.4 Å². The van der Waals surface area contributed by atoms with Crippen molar-refractivity contribution in [3.05, 3.63) is 205 Å². The fourth-order valence-corrected chi connectivity index (χ4v) is 13.2. The van der Waals surface area contributed by atoms with Crippen molar-refractivity contribution in [2.75, 3.05) is 0 Å². The number of rotatable bonds is 3. The average molecular weight is 845 g/mol. The highest BCUT2D eigenvalue weighted by molar-refractivity contribution is 6.50. The second-order valence-corrected chi connectivity index (χ2v) is 19.6. The Balaban J connectivity index is 1.09. The zero-order chi connectivity index (χ0) is 44.0. The highest BCUT2D eigenvalue weighted by Gasteiger charge is 2.29. The van der Waals surface area contributed by atoms with Gasteiger partial charge in [0.05, 0.1) is 0 Å². The van der Waals surface area contributed by atoms with Gasteiger partial charge in [-0.3, -0.25) is 0 Å². The molecule has 0 nitrogen and oxygen atoms in total. The van der Waals surface area contributed by atoms with E-state index < -0.39 is 0 Å². The third-order valence-corrected chi connectivity index (χ3v) is 16.0. The van der Waals surface area contributed by atoms with Gasteiger partial charge >= 0.3 is 0 Å². The molecule has 0 atom stereocenters. The number of benzene rings is 14. The Hall–Kier alpha value is -8.32. The van der Waals surface area contributed by atoms with Crippen molar-refractivity contribution < 1.29 is 0 Å². The van der Waals surface area contributed by atoms with E-state index >= 15 is 0 Å². The highest BCUT2D eigenvalue weighted by Crippen LogP contribution is 2.58. The lowest BCUT2D eigenvalue weighted by molar-refractivity contribution is 1.47. The number of hydrogen-bond donors (Lipinski definition) is 0. The summed E-state index contributed by atoms with van der Waals surface area (Å²) in [5.74, 6) is 0. The van der Waals surface area contributed by atoms with E-state index in [4.69, 9.17) is 0 Å². The summed E-state index contributed by atoms with van der Waals surface area (Å²) < 4.78 is 0. The SMILES string of the molecule is Cc1ccc(-c2ccc3c4ccc5c6ccc7c8c(-c9ccc(C)cc9)c9c%10cccc%11cccc(c9c(-c9ccc(C)cc9)c8c8ccc(c9ccc(c%12cccc2c%123)c4c95)c6c87)c%11%10)cc1. The van der Waals surface area contributed by atoms with Crippen LogP contribution in [0.3, 0.4) is 0 Å². The lowest BCUT2D eigenvalue weighted by atomic mass is 9.83. The number of hydrogen-bond acceptors (Lipinski definition) is 0. The summed E-state index contributed by atoms with van der Waals surface area (Å²) >= 11 is 0. The van der Waals surface area contributed by atoms with Crippen molar-refractivity contribution in [1.82, 2.24) is 0 Å². The van der Waals surface area contributed by atoms with Gasteiger partial charge in [0.2, 0.25) is 0 Å².